The Bertz CT molecular complexity index is 272. The molecule has 0 spiro atoms. The highest BCUT2D eigenvalue weighted by Gasteiger charge is 2.22. The third-order valence-corrected chi connectivity index (χ3v) is 4.36. The van der Waals surface area contributed by atoms with Crippen molar-refractivity contribution in [3.63, 3.8) is 0 Å². The number of ether oxygens (including phenoxy) is 1. The number of nitrogens with zero attached hydrogens (tertiary/aromatic N) is 2. The van der Waals surface area contributed by atoms with Gasteiger partial charge in [0.1, 0.15) is 0 Å². The van der Waals surface area contributed by atoms with Gasteiger partial charge in [-0.2, -0.15) is 17.0 Å². The van der Waals surface area contributed by atoms with E-state index in [1.807, 2.05) is 6.92 Å². The van der Waals surface area contributed by atoms with Crippen LogP contribution in [0.15, 0.2) is 0 Å². The summed E-state index contributed by atoms with van der Waals surface area (Å²) in [4.78, 5) is 0. The molecule has 0 aromatic carbocycles. The minimum Gasteiger partial charge on any atom is -0.380 e. The van der Waals surface area contributed by atoms with Gasteiger partial charge in [0.15, 0.2) is 0 Å². The molecule has 0 bridgehead atoms. The Kier molecular flexibility index (Phi) is 8.31. The smallest absolute Gasteiger partial charge is 0.281 e. The topological polar surface area (TPSA) is 49.9 Å². The van der Waals surface area contributed by atoms with Gasteiger partial charge >= 0.3 is 0 Å². The molecule has 0 amide bonds. The largest absolute Gasteiger partial charge is 0.380 e. The van der Waals surface area contributed by atoms with Crippen LogP contribution in [0.1, 0.15) is 13.3 Å². The predicted molar refractivity (Wildman–Crippen MR) is 66.0 cm³/mol. The van der Waals surface area contributed by atoms with Crippen molar-refractivity contribution in [2.24, 2.45) is 0 Å². The molecule has 7 heteroatoms. The first-order valence-electron chi connectivity index (χ1n) is 5.28. The normalized spacial score (nSPS) is 12.6. The van der Waals surface area contributed by atoms with Gasteiger partial charge in [-0.1, -0.05) is 0 Å². The number of hydrogen-bond acceptors (Lipinski definition) is 3. The summed E-state index contributed by atoms with van der Waals surface area (Å²) in [6.45, 7) is 3.68. The van der Waals surface area contributed by atoms with Crippen LogP contribution in [0.2, 0.25) is 0 Å². The Morgan fingerprint density at radius 2 is 1.75 bits per heavy atom. The van der Waals surface area contributed by atoms with Crippen molar-refractivity contribution in [1.29, 1.82) is 0 Å². The lowest BCUT2D eigenvalue weighted by molar-refractivity contribution is 0.137. The van der Waals surface area contributed by atoms with Crippen LogP contribution in [-0.4, -0.2) is 63.3 Å². The molecule has 0 rings (SSSR count). The average Bonchev–Trinajstić information content (AvgIpc) is 2.25. The highest BCUT2D eigenvalue weighted by atomic mass is 35.5. The summed E-state index contributed by atoms with van der Waals surface area (Å²) in [5.74, 6) is 0.461. The number of alkyl halides is 1. The van der Waals surface area contributed by atoms with Gasteiger partial charge in [-0.25, -0.2) is 0 Å². The Labute approximate surface area is 103 Å². The molecule has 0 radical (unpaired) electrons. The second kappa shape index (κ2) is 8.25. The first-order chi connectivity index (χ1) is 7.46. The summed E-state index contributed by atoms with van der Waals surface area (Å²) in [6.07, 6.45) is 0.649. The van der Waals surface area contributed by atoms with E-state index < -0.39 is 10.2 Å². The molecule has 0 saturated heterocycles. The van der Waals surface area contributed by atoms with Crippen molar-refractivity contribution in [2.45, 2.75) is 13.3 Å². The molecular weight excluding hydrogens is 252 g/mol. The monoisotopic (exact) mass is 272 g/mol. The van der Waals surface area contributed by atoms with Crippen LogP contribution in [0.4, 0.5) is 0 Å². The summed E-state index contributed by atoms with van der Waals surface area (Å²) >= 11 is 5.52. The van der Waals surface area contributed by atoms with Crippen LogP contribution >= 0.6 is 11.6 Å². The van der Waals surface area contributed by atoms with Crippen LogP contribution in [0, 0.1) is 0 Å². The minimum absolute atomic E-state index is 0.362. The van der Waals surface area contributed by atoms with E-state index in [0.29, 0.717) is 38.6 Å². The second-order valence-electron chi connectivity index (χ2n) is 3.39. The van der Waals surface area contributed by atoms with Gasteiger partial charge in [0, 0.05) is 39.7 Å². The van der Waals surface area contributed by atoms with Crippen molar-refractivity contribution in [3.05, 3.63) is 0 Å². The number of rotatable bonds is 9. The highest BCUT2D eigenvalue weighted by Crippen LogP contribution is 2.04. The molecule has 0 N–H and O–H groups in total. The lowest BCUT2D eigenvalue weighted by Gasteiger charge is -2.23. The summed E-state index contributed by atoms with van der Waals surface area (Å²) < 4.78 is 31.5. The van der Waals surface area contributed by atoms with E-state index in [1.165, 1.54) is 8.61 Å². The van der Waals surface area contributed by atoms with E-state index in [1.54, 1.807) is 14.1 Å². The van der Waals surface area contributed by atoms with Gasteiger partial charge in [0.05, 0.1) is 6.61 Å². The highest BCUT2D eigenvalue weighted by molar-refractivity contribution is 7.86. The Morgan fingerprint density at radius 1 is 1.19 bits per heavy atom. The quantitative estimate of drug-likeness (QED) is 0.460. The fraction of sp³-hybridized carbons (Fsp3) is 1.00. The first kappa shape index (κ1) is 16.1. The average molecular weight is 273 g/mol. The summed E-state index contributed by atoms with van der Waals surface area (Å²) in [6, 6.07) is 0. The van der Waals surface area contributed by atoms with Gasteiger partial charge in [-0.05, 0) is 13.3 Å². The van der Waals surface area contributed by atoms with Gasteiger partial charge in [-0.3, -0.25) is 0 Å². The molecule has 0 saturated carbocycles. The molecular formula is C9H21ClN2O3S. The third-order valence-electron chi connectivity index (χ3n) is 2.15. The standard InChI is InChI=1S/C9H21ClN2O3S/c1-4-15-9-8-12(3)16(13,14)11(2)7-5-6-10/h4-9H2,1-3H3. The number of likely N-dealkylation sites (N-methyl/N-ethyl adjacent to an activating group) is 1. The van der Waals surface area contributed by atoms with E-state index in [-0.39, 0.29) is 0 Å². The fourth-order valence-electron chi connectivity index (χ4n) is 1.09. The van der Waals surface area contributed by atoms with E-state index in [4.69, 9.17) is 16.3 Å². The van der Waals surface area contributed by atoms with Crippen LogP contribution in [0.25, 0.3) is 0 Å². The molecule has 98 valence electrons. The zero-order chi connectivity index (χ0) is 12.6. The molecule has 0 atom stereocenters. The molecule has 0 aliphatic heterocycles. The Morgan fingerprint density at radius 3 is 2.25 bits per heavy atom. The Balaban J connectivity index is 4.18. The van der Waals surface area contributed by atoms with Crippen molar-refractivity contribution < 1.29 is 13.2 Å². The number of hydrogen-bond donors (Lipinski definition) is 0. The van der Waals surface area contributed by atoms with Crippen molar-refractivity contribution in [2.75, 3.05) is 46.3 Å². The predicted octanol–water partition coefficient (Wildman–Crippen LogP) is 0.760. The third kappa shape index (κ3) is 5.45. The number of halogens is 1. The van der Waals surface area contributed by atoms with Crippen LogP contribution in [-0.2, 0) is 14.9 Å². The van der Waals surface area contributed by atoms with E-state index >= 15 is 0 Å². The maximum absolute atomic E-state index is 11.9. The zero-order valence-corrected chi connectivity index (χ0v) is 11.7. The molecule has 0 unspecified atom stereocenters. The lowest BCUT2D eigenvalue weighted by Crippen LogP contribution is -2.41. The second-order valence-corrected chi connectivity index (χ2v) is 5.91. The van der Waals surface area contributed by atoms with E-state index in [9.17, 15) is 8.42 Å². The van der Waals surface area contributed by atoms with Crippen molar-refractivity contribution in [1.82, 2.24) is 8.61 Å². The SMILES string of the molecule is CCOCCN(C)S(=O)(=O)N(C)CCCCl. The molecule has 0 aromatic rings. The molecule has 0 aliphatic rings. The van der Waals surface area contributed by atoms with Crippen LogP contribution in [0.3, 0.4) is 0 Å². The summed E-state index contributed by atoms with van der Waals surface area (Å²) in [5, 5.41) is 0. The molecule has 0 aliphatic carbocycles. The molecule has 16 heavy (non-hydrogen) atoms. The van der Waals surface area contributed by atoms with E-state index in [2.05, 4.69) is 0 Å². The van der Waals surface area contributed by atoms with Gasteiger partial charge in [-0.15, -0.1) is 11.6 Å². The first-order valence-corrected chi connectivity index (χ1v) is 7.21. The zero-order valence-electron chi connectivity index (χ0n) is 10.1. The fourth-order valence-corrected chi connectivity index (χ4v) is 2.35. The summed E-state index contributed by atoms with van der Waals surface area (Å²) in [7, 11) is -0.262. The van der Waals surface area contributed by atoms with Gasteiger partial charge in [0.2, 0.25) is 0 Å². The van der Waals surface area contributed by atoms with Gasteiger partial charge < -0.3 is 4.74 Å². The van der Waals surface area contributed by atoms with Crippen molar-refractivity contribution in [3.8, 4) is 0 Å². The maximum atomic E-state index is 11.9. The maximum Gasteiger partial charge on any atom is 0.281 e. The van der Waals surface area contributed by atoms with E-state index in [0.717, 1.165) is 0 Å². The lowest BCUT2D eigenvalue weighted by atomic mass is 10.5. The molecule has 0 aromatic heterocycles. The molecule has 0 fully saturated rings. The molecule has 0 heterocycles. The van der Waals surface area contributed by atoms with Crippen LogP contribution < -0.4 is 0 Å². The minimum atomic E-state index is -3.36. The molecule has 5 nitrogen and oxygen atoms in total. The Hall–Kier alpha value is 0.120. The van der Waals surface area contributed by atoms with Crippen LogP contribution in [0.5, 0.6) is 0 Å². The summed E-state index contributed by atoms with van der Waals surface area (Å²) in [5.41, 5.74) is 0. The van der Waals surface area contributed by atoms with Gasteiger partial charge in [0.25, 0.3) is 10.2 Å². The van der Waals surface area contributed by atoms with Crippen molar-refractivity contribution >= 4 is 21.8 Å².